The summed E-state index contributed by atoms with van der Waals surface area (Å²) in [4.78, 5) is 23.9. The third-order valence-electron chi connectivity index (χ3n) is 3.13. The Balaban J connectivity index is 2.42. The van der Waals surface area contributed by atoms with Crippen molar-refractivity contribution in [1.29, 1.82) is 0 Å². The Morgan fingerprint density at radius 3 is 2.41 bits per heavy atom. The van der Waals surface area contributed by atoms with Crippen LogP contribution in [0.15, 0.2) is 0 Å². The number of carboxylic acid groups (broad SMARTS) is 1. The molecule has 0 aliphatic heterocycles. The van der Waals surface area contributed by atoms with E-state index in [2.05, 4.69) is 5.32 Å². The van der Waals surface area contributed by atoms with E-state index >= 15 is 0 Å². The van der Waals surface area contributed by atoms with Crippen molar-refractivity contribution < 1.29 is 19.8 Å². The van der Waals surface area contributed by atoms with Gasteiger partial charge >= 0.3 is 12.0 Å². The summed E-state index contributed by atoms with van der Waals surface area (Å²) in [5, 5.41) is 20.4. The average molecular weight is 244 g/mol. The molecule has 0 spiro atoms. The second kappa shape index (κ2) is 5.86. The second-order valence-electron chi connectivity index (χ2n) is 4.68. The highest BCUT2D eigenvalue weighted by molar-refractivity contribution is 5.82. The van der Waals surface area contributed by atoms with Crippen LogP contribution in [-0.4, -0.2) is 52.9 Å². The predicted octanol–water partition coefficient (Wildman–Crippen LogP) is 0.262. The van der Waals surface area contributed by atoms with Gasteiger partial charge in [-0.1, -0.05) is 6.42 Å². The summed E-state index contributed by atoms with van der Waals surface area (Å²) in [6.07, 6.45) is 2.33. The fraction of sp³-hybridized carbons (Fsp3) is 0.818. The number of nitrogens with one attached hydrogen (secondary N) is 1. The molecule has 17 heavy (non-hydrogen) atoms. The van der Waals surface area contributed by atoms with Gasteiger partial charge in [-0.15, -0.1) is 0 Å². The number of aliphatic hydroxyl groups is 1. The summed E-state index contributed by atoms with van der Waals surface area (Å²) in [6.45, 7) is 1.98. The van der Waals surface area contributed by atoms with Gasteiger partial charge in [0.05, 0.1) is 6.10 Å². The summed E-state index contributed by atoms with van der Waals surface area (Å²) < 4.78 is 0. The van der Waals surface area contributed by atoms with Crippen LogP contribution in [-0.2, 0) is 4.79 Å². The van der Waals surface area contributed by atoms with Gasteiger partial charge in [-0.2, -0.15) is 0 Å². The standard InChI is InChI=1S/C11H20N2O4/c1-7(14)9(10(15)16)12-11(17)13(2)6-8-4-3-5-8/h7-9,14H,3-6H2,1-2H3,(H,12,17)(H,15,16). The Bertz CT molecular complexity index is 289. The Hall–Kier alpha value is -1.30. The van der Waals surface area contributed by atoms with Gasteiger partial charge in [0.15, 0.2) is 6.04 Å². The molecule has 2 unspecified atom stereocenters. The molecule has 0 aromatic rings. The van der Waals surface area contributed by atoms with Crippen molar-refractivity contribution in [3.63, 3.8) is 0 Å². The van der Waals surface area contributed by atoms with E-state index in [0.717, 1.165) is 12.8 Å². The number of nitrogens with zero attached hydrogens (tertiary/aromatic N) is 1. The lowest BCUT2D eigenvalue weighted by molar-refractivity contribution is -0.141. The summed E-state index contributed by atoms with van der Waals surface area (Å²) >= 11 is 0. The Labute approximate surface area is 101 Å². The zero-order valence-electron chi connectivity index (χ0n) is 10.2. The van der Waals surface area contributed by atoms with E-state index in [4.69, 9.17) is 5.11 Å². The molecule has 2 amide bonds. The first-order chi connectivity index (χ1) is 7.91. The normalized spacial score (nSPS) is 19.0. The molecular weight excluding hydrogens is 224 g/mol. The van der Waals surface area contributed by atoms with Crippen molar-refractivity contribution >= 4 is 12.0 Å². The molecule has 0 radical (unpaired) electrons. The quantitative estimate of drug-likeness (QED) is 0.647. The zero-order chi connectivity index (χ0) is 13.0. The number of aliphatic hydroxyl groups excluding tert-OH is 1. The maximum atomic E-state index is 11.7. The predicted molar refractivity (Wildman–Crippen MR) is 61.6 cm³/mol. The highest BCUT2D eigenvalue weighted by atomic mass is 16.4. The molecule has 2 atom stereocenters. The number of hydrogen-bond donors (Lipinski definition) is 3. The SMILES string of the molecule is CC(O)C(NC(=O)N(C)CC1CCC1)C(=O)O. The van der Waals surface area contributed by atoms with Crippen molar-refractivity contribution in [2.24, 2.45) is 5.92 Å². The van der Waals surface area contributed by atoms with E-state index in [1.54, 1.807) is 7.05 Å². The summed E-state index contributed by atoms with van der Waals surface area (Å²) in [7, 11) is 1.63. The summed E-state index contributed by atoms with van der Waals surface area (Å²) in [5.74, 6) is -0.703. The van der Waals surface area contributed by atoms with Gasteiger partial charge in [0, 0.05) is 13.6 Å². The Morgan fingerprint density at radius 2 is 2.06 bits per heavy atom. The van der Waals surface area contributed by atoms with E-state index in [-0.39, 0.29) is 0 Å². The molecular formula is C11H20N2O4. The number of carbonyl (C=O) groups is 2. The van der Waals surface area contributed by atoms with Crippen LogP contribution < -0.4 is 5.32 Å². The third-order valence-corrected chi connectivity index (χ3v) is 3.13. The number of hydrogen-bond acceptors (Lipinski definition) is 3. The summed E-state index contributed by atoms with van der Waals surface area (Å²) in [5.41, 5.74) is 0. The molecule has 1 aliphatic carbocycles. The molecule has 1 rings (SSSR count). The number of rotatable bonds is 5. The van der Waals surface area contributed by atoms with Crippen molar-refractivity contribution in [2.45, 2.75) is 38.3 Å². The molecule has 3 N–H and O–H groups in total. The minimum atomic E-state index is -1.26. The third kappa shape index (κ3) is 3.89. The van der Waals surface area contributed by atoms with E-state index in [1.165, 1.54) is 18.2 Å². The largest absolute Gasteiger partial charge is 0.480 e. The van der Waals surface area contributed by atoms with E-state index < -0.39 is 24.1 Å². The minimum absolute atomic E-state index is 0.454. The first-order valence-electron chi connectivity index (χ1n) is 5.84. The molecule has 0 bridgehead atoms. The molecule has 1 saturated carbocycles. The molecule has 1 fully saturated rings. The minimum Gasteiger partial charge on any atom is -0.480 e. The highest BCUT2D eigenvalue weighted by Crippen LogP contribution is 2.26. The molecule has 6 nitrogen and oxygen atoms in total. The Morgan fingerprint density at radius 1 is 1.47 bits per heavy atom. The molecule has 0 aromatic carbocycles. The van der Waals surface area contributed by atoms with Crippen LogP contribution in [0.4, 0.5) is 4.79 Å². The number of urea groups is 1. The van der Waals surface area contributed by atoms with Crippen LogP contribution >= 0.6 is 0 Å². The molecule has 0 saturated heterocycles. The maximum absolute atomic E-state index is 11.7. The monoisotopic (exact) mass is 244 g/mol. The number of carboxylic acids is 1. The number of aliphatic carboxylic acids is 1. The lowest BCUT2D eigenvalue weighted by atomic mass is 9.85. The molecule has 0 aromatic heterocycles. The lowest BCUT2D eigenvalue weighted by Gasteiger charge is -2.31. The molecule has 1 aliphatic rings. The Kier molecular flexibility index (Phi) is 4.74. The van der Waals surface area contributed by atoms with Crippen LogP contribution in [0.25, 0.3) is 0 Å². The van der Waals surface area contributed by atoms with Crippen LogP contribution in [0, 0.1) is 5.92 Å². The molecule has 6 heteroatoms. The fourth-order valence-electron chi connectivity index (χ4n) is 1.78. The zero-order valence-corrected chi connectivity index (χ0v) is 10.2. The molecule has 98 valence electrons. The van der Waals surface area contributed by atoms with Gasteiger partial charge in [0.2, 0.25) is 0 Å². The van der Waals surface area contributed by atoms with Gasteiger partial charge in [0.25, 0.3) is 0 Å². The van der Waals surface area contributed by atoms with Crippen molar-refractivity contribution in [2.75, 3.05) is 13.6 Å². The van der Waals surface area contributed by atoms with Crippen LogP contribution in [0.1, 0.15) is 26.2 Å². The number of amides is 2. The first-order valence-corrected chi connectivity index (χ1v) is 5.84. The summed E-state index contributed by atoms with van der Waals surface area (Å²) in [6, 6.07) is -1.71. The van der Waals surface area contributed by atoms with E-state index in [0.29, 0.717) is 12.5 Å². The maximum Gasteiger partial charge on any atom is 0.328 e. The van der Waals surface area contributed by atoms with Crippen molar-refractivity contribution in [1.82, 2.24) is 10.2 Å². The van der Waals surface area contributed by atoms with Gasteiger partial charge in [-0.3, -0.25) is 0 Å². The fourth-order valence-corrected chi connectivity index (χ4v) is 1.78. The number of carbonyl (C=O) groups excluding carboxylic acids is 1. The van der Waals surface area contributed by atoms with Crippen LogP contribution in [0.5, 0.6) is 0 Å². The smallest absolute Gasteiger partial charge is 0.328 e. The van der Waals surface area contributed by atoms with Gasteiger partial charge in [-0.05, 0) is 25.7 Å². The van der Waals surface area contributed by atoms with Gasteiger partial charge < -0.3 is 20.4 Å². The van der Waals surface area contributed by atoms with Crippen LogP contribution in [0.2, 0.25) is 0 Å². The van der Waals surface area contributed by atoms with Crippen molar-refractivity contribution in [3.05, 3.63) is 0 Å². The van der Waals surface area contributed by atoms with Crippen LogP contribution in [0.3, 0.4) is 0 Å². The van der Waals surface area contributed by atoms with E-state index in [1.807, 2.05) is 0 Å². The average Bonchev–Trinajstić information content (AvgIpc) is 2.18. The molecule has 0 heterocycles. The van der Waals surface area contributed by atoms with E-state index in [9.17, 15) is 14.7 Å². The van der Waals surface area contributed by atoms with Gasteiger partial charge in [-0.25, -0.2) is 9.59 Å². The van der Waals surface area contributed by atoms with Gasteiger partial charge in [0.1, 0.15) is 0 Å². The highest BCUT2D eigenvalue weighted by Gasteiger charge is 2.27. The van der Waals surface area contributed by atoms with Crippen molar-refractivity contribution in [3.8, 4) is 0 Å². The first kappa shape index (κ1) is 13.8. The topological polar surface area (TPSA) is 89.9 Å². The lowest BCUT2D eigenvalue weighted by Crippen LogP contribution is -2.52. The second-order valence-corrected chi connectivity index (χ2v) is 4.68.